The van der Waals surface area contributed by atoms with Gasteiger partial charge in [-0.1, -0.05) is 25.2 Å². The van der Waals surface area contributed by atoms with E-state index in [9.17, 15) is 19.8 Å². The SMILES string of the molecule is COc1ccc2c(c1)/C=C/CC(O)[C@H](O)C(=O)/C=C\[C@@H](C)C(C)OC2=O. The van der Waals surface area contributed by atoms with Gasteiger partial charge in [-0.3, -0.25) is 4.79 Å². The first-order valence-corrected chi connectivity index (χ1v) is 8.47. The molecule has 0 amide bonds. The molecule has 1 aromatic rings. The van der Waals surface area contributed by atoms with Gasteiger partial charge in [0, 0.05) is 5.92 Å². The first kappa shape index (κ1) is 19.9. The molecule has 0 radical (unpaired) electrons. The zero-order chi connectivity index (χ0) is 19.3. The molecule has 2 rings (SSSR count). The van der Waals surface area contributed by atoms with Crippen LogP contribution in [0.3, 0.4) is 0 Å². The fraction of sp³-hybridized carbons (Fsp3) is 0.400. The number of methoxy groups -OCH3 is 1. The van der Waals surface area contributed by atoms with Crippen molar-refractivity contribution in [3.63, 3.8) is 0 Å². The highest BCUT2D eigenvalue weighted by atomic mass is 16.5. The number of cyclic esters (lactones) is 1. The van der Waals surface area contributed by atoms with Crippen molar-refractivity contribution in [3.8, 4) is 5.75 Å². The van der Waals surface area contributed by atoms with Gasteiger partial charge in [-0.15, -0.1) is 0 Å². The summed E-state index contributed by atoms with van der Waals surface area (Å²) in [6, 6.07) is 4.97. The molecule has 1 aromatic carbocycles. The number of esters is 1. The predicted molar refractivity (Wildman–Crippen MR) is 96.8 cm³/mol. The second-order valence-electron chi connectivity index (χ2n) is 6.33. The Morgan fingerprint density at radius 3 is 2.58 bits per heavy atom. The summed E-state index contributed by atoms with van der Waals surface area (Å²) in [7, 11) is 1.52. The van der Waals surface area contributed by atoms with E-state index in [2.05, 4.69) is 0 Å². The van der Waals surface area contributed by atoms with E-state index in [1.165, 1.54) is 13.2 Å². The Kier molecular flexibility index (Phi) is 6.71. The fourth-order valence-electron chi connectivity index (χ4n) is 2.49. The second-order valence-corrected chi connectivity index (χ2v) is 6.33. The van der Waals surface area contributed by atoms with Crippen molar-refractivity contribution in [1.82, 2.24) is 0 Å². The maximum Gasteiger partial charge on any atom is 0.339 e. The van der Waals surface area contributed by atoms with Crippen LogP contribution in [0, 0.1) is 5.92 Å². The molecule has 2 unspecified atom stereocenters. The van der Waals surface area contributed by atoms with Crippen LogP contribution in [0.4, 0.5) is 0 Å². The molecule has 0 spiro atoms. The second kappa shape index (κ2) is 8.78. The molecule has 6 heteroatoms. The Morgan fingerprint density at radius 1 is 1.15 bits per heavy atom. The van der Waals surface area contributed by atoms with Gasteiger partial charge >= 0.3 is 5.97 Å². The number of rotatable bonds is 1. The van der Waals surface area contributed by atoms with Gasteiger partial charge in [-0.2, -0.15) is 0 Å². The van der Waals surface area contributed by atoms with Crippen LogP contribution in [0.1, 0.15) is 36.2 Å². The average molecular weight is 360 g/mol. The lowest BCUT2D eigenvalue weighted by molar-refractivity contribution is -0.127. The topological polar surface area (TPSA) is 93.1 Å². The van der Waals surface area contributed by atoms with Crippen LogP contribution in [0.25, 0.3) is 6.08 Å². The van der Waals surface area contributed by atoms with Gasteiger partial charge < -0.3 is 19.7 Å². The van der Waals surface area contributed by atoms with E-state index < -0.39 is 30.1 Å². The third-order valence-electron chi connectivity index (χ3n) is 4.41. The summed E-state index contributed by atoms with van der Waals surface area (Å²) in [6.07, 6.45) is 2.84. The Bertz CT molecular complexity index is 721. The summed E-state index contributed by atoms with van der Waals surface area (Å²) < 4.78 is 10.7. The molecule has 26 heavy (non-hydrogen) atoms. The predicted octanol–water partition coefficient (Wildman–Crippen LogP) is 2.14. The molecule has 1 aliphatic rings. The van der Waals surface area contributed by atoms with E-state index in [4.69, 9.17) is 9.47 Å². The Hall–Kier alpha value is -2.44. The smallest absolute Gasteiger partial charge is 0.339 e. The van der Waals surface area contributed by atoms with Crippen LogP contribution in [0.2, 0.25) is 0 Å². The first-order valence-electron chi connectivity index (χ1n) is 8.47. The summed E-state index contributed by atoms with van der Waals surface area (Å²) in [5, 5.41) is 19.9. The normalized spacial score (nSPS) is 29.9. The highest BCUT2D eigenvalue weighted by molar-refractivity contribution is 5.95. The molecule has 6 nitrogen and oxygen atoms in total. The highest BCUT2D eigenvalue weighted by Gasteiger charge is 2.23. The maximum atomic E-state index is 12.5. The van der Waals surface area contributed by atoms with Crippen molar-refractivity contribution < 1.29 is 29.3 Å². The van der Waals surface area contributed by atoms with Crippen LogP contribution in [0.5, 0.6) is 5.75 Å². The number of aliphatic hydroxyl groups is 2. The number of carbonyl (C=O) groups is 2. The van der Waals surface area contributed by atoms with E-state index in [1.54, 1.807) is 50.3 Å². The lowest BCUT2D eigenvalue weighted by Gasteiger charge is -2.19. The molecule has 2 N–H and O–H groups in total. The summed E-state index contributed by atoms with van der Waals surface area (Å²) in [5.74, 6) is -0.741. The van der Waals surface area contributed by atoms with Crippen molar-refractivity contribution in [1.29, 1.82) is 0 Å². The third kappa shape index (κ3) is 4.80. The van der Waals surface area contributed by atoms with E-state index in [-0.39, 0.29) is 12.3 Å². The summed E-state index contributed by atoms with van der Waals surface area (Å²) >= 11 is 0. The van der Waals surface area contributed by atoms with Crippen LogP contribution < -0.4 is 4.74 Å². The van der Waals surface area contributed by atoms with E-state index in [1.807, 2.05) is 0 Å². The highest BCUT2D eigenvalue weighted by Crippen LogP contribution is 2.22. The quantitative estimate of drug-likeness (QED) is 0.746. The van der Waals surface area contributed by atoms with Gasteiger partial charge in [0.1, 0.15) is 18.0 Å². The Labute approximate surface area is 152 Å². The minimum atomic E-state index is -1.51. The van der Waals surface area contributed by atoms with E-state index in [0.29, 0.717) is 16.9 Å². The molecule has 0 aromatic heterocycles. The zero-order valence-corrected chi connectivity index (χ0v) is 15.1. The van der Waals surface area contributed by atoms with Gasteiger partial charge in [0.05, 0.1) is 18.8 Å². The average Bonchev–Trinajstić information content (AvgIpc) is 2.63. The van der Waals surface area contributed by atoms with Crippen LogP contribution >= 0.6 is 0 Å². The van der Waals surface area contributed by atoms with Crippen molar-refractivity contribution in [2.24, 2.45) is 5.92 Å². The van der Waals surface area contributed by atoms with Gasteiger partial charge in [-0.25, -0.2) is 4.79 Å². The first-order chi connectivity index (χ1) is 12.3. The minimum absolute atomic E-state index is 0.0540. The van der Waals surface area contributed by atoms with E-state index in [0.717, 1.165) is 0 Å². The molecule has 1 heterocycles. The minimum Gasteiger partial charge on any atom is -0.497 e. The molecule has 0 saturated carbocycles. The number of benzene rings is 1. The van der Waals surface area contributed by atoms with Gasteiger partial charge in [0.25, 0.3) is 0 Å². The number of aliphatic hydroxyl groups excluding tert-OH is 2. The fourth-order valence-corrected chi connectivity index (χ4v) is 2.49. The molecule has 1 aliphatic heterocycles. The molecule has 140 valence electrons. The molecule has 0 fully saturated rings. The number of fused-ring (bicyclic) bond motifs is 1. The van der Waals surface area contributed by atoms with Crippen molar-refractivity contribution >= 4 is 17.8 Å². The molecule has 0 aliphatic carbocycles. The molecule has 4 atom stereocenters. The van der Waals surface area contributed by atoms with Gasteiger partial charge in [0.2, 0.25) is 0 Å². The number of hydrogen-bond donors (Lipinski definition) is 2. The van der Waals surface area contributed by atoms with Gasteiger partial charge in [-0.05, 0) is 43.2 Å². The van der Waals surface area contributed by atoms with Crippen molar-refractivity contribution in [2.75, 3.05) is 7.11 Å². The maximum absolute atomic E-state index is 12.5. The summed E-state index contributed by atoms with van der Waals surface area (Å²) in [5.41, 5.74) is 0.933. The molecule has 0 saturated heterocycles. The third-order valence-corrected chi connectivity index (χ3v) is 4.41. The Balaban J connectivity index is 2.42. The summed E-state index contributed by atoms with van der Waals surface area (Å²) in [4.78, 5) is 24.5. The monoisotopic (exact) mass is 360 g/mol. The van der Waals surface area contributed by atoms with Crippen LogP contribution in [-0.4, -0.2) is 47.4 Å². The van der Waals surface area contributed by atoms with Gasteiger partial charge in [0.15, 0.2) is 5.78 Å². The Morgan fingerprint density at radius 2 is 1.88 bits per heavy atom. The number of hydrogen-bond acceptors (Lipinski definition) is 6. The number of ether oxygens (including phenoxy) is 2. The number of carbonyl (C=O) groups excluding carboxylic acids is 2. The summed E-state index contributed by atoms with van der Waals surface area (Å²) in [6.45, 7) is 3.53. The molecular formula is C20H24O6. The molecule has 0 bridgehead atoms. The zero-order valence-electron chi connectivity index (χ0n) is 15.1. The standard InChI is InChI=1S/C20H24O6/c1-12-7-10-18(22)19(23)17(21)6-4-5-14-11-15(25-3)8-9-16(14)20(24)26-13(12)2/h4-5,7-13,17,19,21,23H,6H2,1-3H3/b5-4+,10-7-/t12-,13?,17?,19+/m1/s1. The number of ketones is 1. The lowest BCUT2D eigenvalue weighted by Crippen LogP contribution is -2.32. The van der Waals surface area contributed by atoms with Crippen LogP contribution in [0.15, 0.2) is 36.4 Å². The van der Waals surface area contributed by atoms with E-state index >= 15 is 0 Å². The molecular weight excluding hydrogens is 336 g/mol. The largest absolute Gasteiger partial charge is 0.497 e. The van der Waals surface area contributed by atoms with Crippen molar-refractivity contribution in [3.05, 3.63) is 47.6 Å². The van der Waals surface area contributed by atoms with Crippen LogP contribution in [-0.2, 0) is 9.53 Å². The van der Waals surface area contributed by atoms with Crippen molar-refractivity contribution in [2.45, 2.75) is 38.6 Å². The lowest BCUT2D eigenvalue weighted by atomic mass is 10.00.